The molecular formula is C21H23N3O2S. The maximum atomic E-state index is 12.6. The molecule has 2 aromatic carbocycles. The molecule has 1 aliphatic heterocycles. The van der Waals surface area contributed by atoms with Gasteiger partial charge in [-0.2, -0.15) is 0 Å². The first kappa shape index (κ1) is 17.9. The van der Waals surface area contributed by atoms with E-state index in [2.05, 4.69) is 5.32 Å². The third-order valence-electron chi connectivity index (χ3n) is 4.90. The van der Waals surface area contributed by atoms with Crippen molar-refractivity contribution in [2.75, 3.05) is 35.0 Å². The minimum Gasteiger partial charge on any atom is -0.378 e. The number of rotatable bonds is 5. The van der Waals surface area contributed by atoms with Crippen LogP contribution in [0.2, 0.25) is 0 Å². The number of carbonyl (C=O) groups excluding carboxylic acids is 2. The van der Waals surface area contributed by atoms with Crippen molar-refractivity contribution in [2.24, 2.45) is 5.92 Å². The standard InChI is InChI=1S/C21H23N3O2S/c1-23(2)17-8-10-18(11-9-17)24-19(25)13-27-21(24)15-4-3-5-16(12-15)22-20(26)14-6-7-14/h3-5,8-12,14,21H,6-7,13H2,1-2H3,(H,22,26). The SMILES string of the molecule is CN(C)c1ccc(N2C(=O)CSC2c2cccc(NC(=O)C3CC3)c2)cc1. The molecule has 27 heavy (non-hydrogen) atoms. The maximum absolute atomic E-state index is 12.6. The van der Waals surface area contributed by atoms with E-state index in [1.165, 1.54) is 0 Å². The highest BCUT2D eigenvalue weighted by Gasteiger charge is 2.34. The molecule has 0 aromatic heterocycles. The average molecular weight is 382 g/mol. The van der Waals surface area contributed by atoms with Gasteiger partial charge in [0.15, 0.2) is 0 Å². The lowest BCUT2D eigenvalue weighted by Crippen LogP contribution is -2.28. The Morgan fingerprint density at radius 3 is 2.56 bits per heavy atom. The summed E-state index contributed by atoms with van der Waals surface area (Å²) < 4.78 is 0. The summed E-state index contributed by atoms with van der Waals surface area (Å²) in [6, 6.07) is 15.9. The number of carbonyl (C=O) groups is 2. The van der Waals surface area contributed by atoms with Crippen molar-refractivity contribution in [1.29, 1.82) is 0 Å². The molecule has 0 bridgehead atoms. The largest absolute Gasteiger partial charge is 0.378 e. The Labute approximate surface area is 163 Å². The summed E-state index contributed by atoms with van der Waals surface area (Å²) in [5.41, 5.74) is 3.82. The Hall–Kier alpha value is -2.47. The molecule has 0 spiro atoms. The van der Waals surface area contributed by atoms with Crippen LogP contribution in [0.4, 0.5) is 17.1 Å². The average Bonchev–Trinajstić information content (AvgIpc) is 3.44. The predicted molar refractivity (Wildman–Crippen MR) is 111 cm³/mol. The highest BCUT2D eigenvalue weighted by atomic mass is 32.2. The topological polar surface area (TPSA) is 52.6 Å². The van der Waals surface area contributed by atoms with Gasteiger partial charge in [0.25, 0.3) is 0 Å². The molecule has 2 fully saturated rings. The summed E-state index contributed by atoms with van der Waals surface area (Å²) in [5, 5.41) is 2.91. The molecule has 5 nitrogen and oxygen atoms in total. The Bertz CT molecular complexity index is 862. The number of nitrogens with zero attached hydrogens (tertiary/aromatic N) is 2. The zero-order chi connectivity index (χ0) is 19.0. The molecule has 1 saturated heterocycles. The van der Waals surface area contributed by atoms with Crippen molar-refractivity contribution in [3.05, 3.63) is 54.1 Å². The normalized spacial score (nSPS) is 19.3. The summed E-state index contributed by atoms with van der Waals surface area (Å²) in [4.78, 5) is 28.5. The molecule has 4 rings (SSSR count). The van der Waals surface area contributed by atoms with Gasteiger partial charge in [0.1, 0.15) is 5.37 Å². The van der Waals surface area contributed by atoms with Crippen LogP contribution in [-0.2, 0) is 9.59 Å². The monoisotopic (exact) mass is 381 g/mol. The molecule has 1 heterocycles. The molecule has 1 unspecified atom stereocenters. The first-order valence-corrected chi connectivity index (χ1v) is 10.2. The molecule has 1 saturated carbocycles. The second kappa shape index (κ2) is 7.27. The Balaban J connectivity index is 1.58. The summed E-state index contributed by atoms with van der Waals surface area (Å²) in [7, 11) is 3.99. The smallest absolute Gasteiger partial charge is 0.238 e. The molecule has 1 atom stereocenters. The van der Waals surface area contributed by atoms with Crippen molar-refractivity contribution in [3.8, 4) is 0 Å². The Morgan fingerprint density at radius 2 is 1.89 bits per heavy atom. The lowest BCUT2D eigenvalue weighted by atomic mass is 10.1. The maximum Gasteiger partial charge on any atom is 0.238 e. The van der Waals surface area contributed by atoms with Gasteiger partial charge in [-0.15, -0.1) is 11.8 Å². The van der Waals surface area contributed by atoms with Gasteiger partial charge in [-0.1, -0.05) is 12.1 Å². The summed E-state index contributed by atoms with van der Waals surface area (Å²) in [6.45, 7) is 0. The van der Waals surface area contributed by atoms with Gasteiger partial charge in [-0.3, -0.25) is 14.5 Å². The van der Waals surface area contributed by atoms with Crippen LogP contribution in [0.15, 0.2) is 48.5 Å². The number of hydrogen-bond acceptors (Lipinski definition) is 4. The van der Waals surface area contributed by atoms with Crippen LogP contribution in [0.25, 0.3) is 0 Å². The number of nitrogens with one attached hydrogen (secondary N) is 1. The summed E-state index contributed by atoms with van der Waals surface area (Å²) >= 11 is 1.62. The number of anilines is 3. The first-order chi connectivity index (χ1) is 13.0. The second-order valence-electron chi connectivity index (χ2n) is 7.23. The van der Waals surface area contributed by atoms with E-state index in [0.717, 1.165) is 35.5 Å². The fourth-order valence-electron chi connectivity index (χ4n) is 3.22. The first-order valence-electron chi connectivity index (χ1n) is 9.15. The Morgan fingerprint density at radius 1 is 1.15 bits per heavy atom. The zero-order valence-corrected chi connectivity index (χ0v) is 16.3. The van der Waals surface area contributed by atoms with E-state index in [9.17, 15) is 9.59 Å². The number of benzene rings is 2. The second-order valence-corrected chi connectivity index (χ2v) is 8.30. The van der Waals surface area contributed by atoms with Gasteiger partial charge >= 0.3 is 0 Å². The van der Waals surface area contributed by atoms with Gasteiger partial charge in [0.2, 0.25) is 11.8 Å². The van der Waals surface area contributed by atoms with E-state index in [0.29, 0.717) is 5.75 Å². The summed E-state index contributed by atoms with van der Waals surface area (Å²) in [6.07, 6.45) is 1.96. The summed E-state index contributed by atoms with van der Waals surface area (Å²) in [5.74, 6) is 0.829. The Kier molecular flexibility index (Phi) is 4.83. The van der Waals surface area contributed by atoms with Crippen LogP contribution in [0.1, 0.15) is 23.8 Å². The van der Waals surface area contributed by atoms with Crippen LogP contribution in [-0.4, -0.2) is 31.7 Å². The minimum absolute atomic E-state index is 0.0829. The number of amides is 2. The van der Waals surface area contributed by atoms with Crippen molar-refractivity contribution >= 4 is 40.6 Å². The molecule has 140 valence electrons. The highest BCUT2D eigenvalue weighted by Crippen LogP contribution is 2.42. The van der Waals surface area contributed by atoms with Crippen molar-refractivity contribution in [1.82, 2.24) is 0 Å². The van der Waals surface area contributed by atoms with Crippen LogP contribution in [0, 0.1) is 5.92 Å². The minimum atomic E-state index is -0.0829. The van der Waals surface area contributed by atoms with E-state index in [1.54, 1.807) is 11.8 Å². The third kappa shape index (κ3) is 3.81. The molecule has 0 radical (unpaired) electrons. The number of hydrogen-bond donors (Lipinski definition) is 1. The molecule has 1 N–H and O–H groups in total. The predicted octanol–water partition coefficient (Wildman–Crippen LogP) is 3.88. The molecular weight excluding hydrogens is 358 g/mol. The molecule has 2 aromatic rings. The van der Waals surface area contributed by atoms with Crippen molar-refractivity contribution in [2.45, 2.75) is 18.2 Å². The molecule has 6 heteroatoms. The van der Waals surface area contributed by atoms with Gasteiger partial charge in [0, 0.05) is 37.1 Å². The van der Waals surface area contributed by atoms with Crippen LogP contribution in [0.3, 0.4) is 0 Å². The van der Waals surface area contributed by atoms with Crippen LogP contribution < -0.4 is 15.1 Å². The lowest BCUT2D eigenvalue weighted by Gasteiger charge is -2.25. The van der Waals surface area contributed by atoms with Crippen molar-refractivity contribution in [3.63, 3.8) is 0 Å². The van der Waals surface area contributed by atoms with E-state index < -0.39 is 0 Å². The third-order valence-corrected chi connectivity index (χ3v) is 6.11. The van der Waals surface area contributed by atoms with Gasteiger partial charge in [-0.25, -0.2) is 0 Å². The fourth-order valence-corrected chi connectivity index (χ4v) is 4.39. The molecule has 1 aliphatic carbocycles. The lowest BCUT2D eigenvalue weighted by molar-refractivity contribution is -0.117. The van der Waals surface area contributed by atoms with Crippen molar-refractivity contribution < 1.29 is 9.59 Å². The van der Waals surface area contributed by atoms with E-state index >= 15 is 0 Å². The van der Waals surface area contributed by atoms with Gasteiger partial charge in [-0.05, 0) is 54.8 Å². The highest BCUT2D eigenvalue weighted by molar-refractivity contribution is 8.00. The number of thioether (sulfide) groups is 1. The van der Waals surface area contributed by atoms with Crippen LogP contribution in [0.5, 0.6) is 0 Å². The van der Waals surface area contributed by atoms with Gasteiger partial charge < -0.3 is 10.2 Å². The van der Waals surface area contributed by atoms with Crippen LogP contribution >= 0.6 is 11.8 Å². The van der Waals surface area contributed by atoms with E-state index in [1.807, 2.05) is 72.4 Å². The zero-order valence-electron chi connectivity index (χ0n) is 15.5. The van der Waals surface area contributed by atoms with Gasteiger partial charge in [0.05, 0.1) is 5.75 Å². The molecule has 2 aliphatic rings. The van der Waals surface area contributed by atoms with E-state index in [-0.39, 0.29) is 23.1 Å². The van der Waals surface area contributed by atoms with E-state index in [4.69, 9.17) is 0 Å². The fraction of sp³-hybridized carbons (Fsp3) is 0.333. The molecule has 2 amide bonds. The quantitative estimate of drug-likeness (QED) is 0.854.